The number of thioether (sulfide) groups is 1. The lowest BCUT2D eigenvalue weighted by molar-refractivity contribution is 0.102. The van der Waals surface area contributed by atoms with Crippen molar-refractivity contribution in [2.24, 2.45) is 5.92 Å². The topological polar surface area (TPSA) is 127 Å². The average Bonchev–Trinajstić information content (AvgIpc) is 3.29. The van der Waals surface area contributed by atoms with Gasteiger partial charge in [-0.1, -0.05) is 66.0 Å². The van der Waals surface area contributed by atoms with Crippen molar-refractivity contribution in [1.82, 2.24) is 20.4 Å². The van der Waals surface area contributed by atoms with Gasteiger partial charge < -0.3 is 0 Å². The Labute approximate surface area is 180 Å². The van der Waals surface area contributed by atoms with Crippen LogP contribution in [0.3, 0.4) is 0 Å². The van der Waals surface area contributed by atoms with E-state index in [4.69, 9.17) is 0 Å². The first-order valence-corrected chi connectivity index (χ1v) is 12.5. The number of aromatic nitrogens is 4. The highest BCUT2D eigenvalue weighted by Gasteiger charge is 2.23. The number of nitrogens with one attached hydrogen (secondary N) is 2. The number of hydrogen-bond donors (Lipinski definition) is 2. The van der Waals surface area contributed by atoms with Crippen LogP contribution in [0.5, 0.6) is 0 Å². The van der Waals surface area contributed by atoms with Crippen LogP contribution in [-0.2, 0) is 10.0 Å². The van der Waals surface area contributed by atoms with Crippen LogP contribution in [0.25, 0.3) is 0 Å². The molecule has 0 bridgehead atoms. The molecule has 0 saturated carbocycles. The molecular formula is C16H18N6O3S4. The van der Waals surface area contributed by atoms with Gasteiger partial charge in [-0.25, -0.2) is 0 Å². The van der Waals surface area contributed by atoms with Crippen molar-refractivity contribution in [2.45, 2.75) is 29.5 Å². The normalized spacial score (nSPS) is 11.6. The molecule has 0 spiro atoms. The van der Waals surface area contributed by atoms with Crippen LogP contribution in [0.2, 0.25) is 0 Å². The van der Waals surface area contributed by atoms with Crippen molar-refractivity contribution in [2.75, 3.05) is 15.8 Å². The SMILES string of the molecule is Cc1cccc(C(=O)Nc2nnc(S(=O)(=O)Nc3nnc(SCC(C)C)s3)s2)c1. The Balaban J connectivity index is 1.66. The number of aryl methyl sites for hydroxylation is 1. The van der Waals surface area contributed by atoms with E-state index in [0.717, 1.165) is 34.0 Å². The largest absolute Gasteiger partial charge is 0.296 e. The van der Waals surface area contributed by atoms with Crippen molar-refractivity contribution in [3.8, 4) is 0 Å². The lowest BCUT2D eigenvalue weighted by Gasteiger charge is -2.02. The predicted octanol–water partition coefficient (Wildman–Crippen LogP) is 3.50. The van der Waals surface area contributed by atoms with Crippen molar-refractivity contribution in [3.05, 3.63) is 35.4 Å². The van der Waals surface area contributed by atoms with E-state index in [0.29, 0.717) is 15.8 Å². The molecule has 0 aliphatic rings. The van der Waals surface area contributed by atoms with Gasteiger partial charge in [0.15, 0.2) is 4.34 Å². The van der Waals surface area contributed by atoms with Crippen LogP contribution in [0.1, 0.15) is 29.8 Å². The van der Waals surface area contributed by atoms with Gasteiger partial charge in [0.2, 0.25) is 10.3 Å². The number of sulfonamides is 1. The standard InChI is InChI=1S/C16H18N6O3S4/c1-9(2)8-26-15-20-19-14(27-15)22-29(24,25)16-21-18-13(28-16)17-12(23)11-6-4-5-10(3)7-11/h4-7,9H,8H2,1-3H3,(H,19,22)(H,17,18,23). The maximum Gasteiger partial charge on any atom is 0.293 e. The van der Waals surface area contributed by atoms with E-state index < -0.39 is 15.9 Å². The second-order valence-electron chi connectivity index (χ2n) is 6.38. The van der Waals surface area contributed by atoms with E-state index in [1.807, 2.05) is 13.0 Å². The highest BCUT2D eigenvalue weighted by molar-refractivity contribution is 8.01. The van der Waals surface area contributed by atoms with Crippen molar-refractivity contribution in [1.29, 1.82) is 0 Å². The summed E-state index contributed by atoms with van der Waals surface area (Å²) in [5, 5.41) is 18.0. The number of carbonyl (C=O) groups excluding carboxylic acids is 1. The van der Waals surface area contributed by atoms with Crippen molar-refractivity contribution in [3.63, 3.8) is 0 Å². The van der Waals surface area contributed by atoms with Crippen LogP contribution in [0.15, 0.2) is 32.9 Å². The minimum atomic E-state index is -3.98. The Bertz CT molecular complexity index is 1110. The Morgan fingerprint density at radius 3 is 2.62 bits per heavy atom. The first-order chi connectivity index (χ1) is 13.7. The number of nitrogens with zero attached hydrogens (tertiary/aromatic N) is 4. The van der Waals surface area contributed by atoms with E-state index in [9.17, 15) is 13.2 Å². The van der Waals surface area contributed by atoms with E-state index in [1.54, 1.807) is 18.2 Å². The van der Waals surface area contributed by atoms with Crippen LogP contribution < -0.4 is 10.0 Å². The molecule has 0 atom stereocenters. The fourth-order valence-electron chi connectivity index (χ4n) is 2.03. The molecule has 0 saturated heterocycles. The van der Waals surface area contributed by atoms with Crippen LogP contribution in [0, 0.1) is 12.8 Å². The highest BCUT2D eigenvalue weighted by Crippen LogP contribution is 2.29. The molecule has 0 fully saturated rings. The molecule has 3 rings (SSSR count). The number of amides is 1. The minimum absolute atomic E-state index is 0.0855. The fraction of sp³-hybridized carbons (Fsp3) is 0.312. The zero-order valence-electron chi connectivity index (χ0n) is 15.7. The average molecular weight is 471 g/mol. The molecule has 0 aliphatic carbocycles. The zero-order chi connectivity index (χ0) is 21.0. The Kier molecular flexibility index (Phi) is 6.82. The third-order valence-corrected chi connectivity index (χ3v) is 8.38. The molecule has 13 heteroatoms. The van der Waals surface area contributed by atoms with Crippen LogP contribution >= 0.6 is 34.4 Å². The van der Waals surface area contributed by atoms with Crippen molar-refractivity contribution < 1.29 is 13.2 Å². The summed E-state index contributed by atoms with van der Waals surface area (Å²) in [7, 11) is -3.98. The van der Waals surface area contributed by atoms with Crippen LogP contribution in [0.4, 0.5) is 10.3 Å². The molecule has 2 N–H and O–H groups in total. The second kappa shape index (κ2) is 9.15. The maximum atomic E-state index is 12.5. The summed E-state index contributed by atoms with van der Waals surface area (Å²) in [6.07, 6.45) is 0. The summed E-state index contributed by atoms with van der Waals surface area (Å²) in [6.45, 7) is 6.04. The number of anilines is 2. The summed E-state index contributed by atoms with van der Waals surface area (Å²) in [4.78, 5) is 12.3. The summed E-state index contributed by atoms with van der Waals surface area (Å²) >= 11 is 3.42. The van der Waals surface area contributed by atoms with Gasteiger partial charge >= 0.3 is 0 Å². The third kappa shape index (κ3) is 5.95. The first-order valence-electron chi connectivity index (χ1n) is 8.43. The Morgan fingerprint density at radius 1 is 1.14 bits per heavy atom. The lowest BCUT2D eigenvalue weighted by atomic mass is 10.1. The molecule has 2 heterocycles. The Morgan fingerprint density at radius 2 is 1.90 bits per heavy atom. The van der Waals surface area contributed by atoms with Gasteiger partial charge in [-0.15, -0.1) is 20.4 Å². The van der Waals surface area contributed by atoms with Crippen molar-refractivity contribution >= 4 is 60.6 Å². The van der Waals surface area contributed by atoms with Gasteiger partial charge in [0.25, 0.3) is 20.3 Å². The molecule has 3 aromatic rings. The predicted molar refractivity (Wildman–Crippen MR) is 115 cm³/mol. The lowest BCUT2D eigenvalue weighted by Crippen LogP contribution is -2.12. The number of hydrogen-bond acceptors (Lipinski definition) is 10. The maximum absolute atomic E-state index is 12.5. The monoisotopic (exact) mass is 470 g/mol. The van der Waals surface area contributed by atoms with E-state index in [2.05, 4.69) is 44.3 Å². The van der Waals surface area contributed by atoms with Gasteiger partial charge in [-0.3, -0.25) is 14.8 Å². The highest BCUT2D eigenvalue weighted by atomic mass is 32.2. The summed E-state index contributed by atoms with van der Waals surface area (Å²) in [5.74, 6) is 0.957. The molecule has 154 valence electrons. The zero-order valence-corrected chi connectivity index (χ0v) is 19.0. The quantitative estimate of drug-likeness (QED) is 0.378. The summed E-state index contributed by atoms with van der Waals surface area (Å²) < 4.78 is 27.8. The minimum Gasteiger partial charge on any atom is -0.296 e. The van der Waals surface area contributed by atoms with Crippen LogP contribution in [-0.4, -0.2) is 40.5 Å². The van der Waals surface area contributed by atoms with E-state index in [1.165, 1.54) is 11.8 Å². The van der Waals surface area contributed by atoms with Gasteiger partial charge in [0.1, 0.15) is 0 Å². The molecule has 0 aliphatic heterocycles. The number of benzene rings is 1. The molecule has 0 radical (unpaired) electrons. The number of carbonyl (C=O) groups is 1. The fourth-order valence-corrected chi connectivity index (χ4v) is 5.89. The molecular weight excluding hydrogens is 452 g/mol. The van der Waals surface area contributed by atoms with Gasteiger partial charge in [-0.2, -0.15) is 8.42 Å². The number of rotatable bonds is 8. The summed E-state index contributed by atoms with van der Waals surface area (Å²) in [5.41, 5.74) is 1.38. The molecule has 0 unspecified atom stereocenters. The van der Waals surface area contributed by atoms with E-state index in [-0.39, 0.29) is 14.6 Å². The third-order valence-electron chi connectivity index (χ3n) is 3.31. The molecule has 29 heavy (non-hydrogen) atoms. The molecule has 2 aromatic heterocycles. The molecule has 1 amide bonds. The molecule has 1 aromatic carbocycles. The molecule has 9 nitrogen and oxygen atoms in total. The van der Waals surface area contributed by atoms with Gasteiger partial charge in [-0.05, 0) is 25.0 Å². The van der Waals surface area contributed by atoms with Gasteiger partial charge in [0.05, 0.1) is 0 Å². The smallest absolute Gasteiger partial charge is 0.293 e. The van der Waals surface area contributed by atoms with Gasteiger partial charge in [0, 0.05) is 11.3 Å². The first kappa shape index (κ1) is 21.6. The van der Waals surface area contributed by atoms with E-state index >= 15 is 0 Å². The second-order valence-corrected chi connectivity index (χ2v) is 11.5. The summed E-state index contributed by atoms with van der Waals surface area (Å²) in [6, 6.07) is 7.02. The Hall–Kier alpha value is -2.09.